The number of nitrogens with zero attached hydrogens (tertiary/aromatic N) is 2. The molecule has 8 heteroatoms. The van der Waals surface area contributed by atoms with Crippen LogP contribution in [-0.2, 0) is 14.4 Å². The summed E-state index contributed by atoms with van der Waals surface area (Å²) in [6.07, 6.45) is 11.1. The van der Waals surface area contributed by atoms with E-state index in [9.17, 15) is 14.4 Å². The zero-order valence-electron chi connectivity index (χ0n) is 16.8. The molecule has 1 unspecified atom stereocenters. The highest BCUT2D eigenvalue weighted by atomic mass is 32.1. The van der Waals surface area contributed by atoms with E-state index in [1.54, 1.807) is 11.1 Å². The van der Waals surface area contributed by atoms with Gasteiger partial charge in [-0.25, -0.2) is 4.98 Å². The maximum Gasteiger partial charge on any atom is 0.229 e. The average Bonchev–Trinajstić information content (AvgIpc) is 3.39. The molecule has 2 aliphatic carbocycles. The second-order valence-electron chi connectivity index (χ2n) is 8.62. The lowest BCUT2D eigenvalue weighted by molar-refractivity contribution is -0.128. The number of carbonyl (C=O) groups excluding carboxylic acids is 3. The summed E-state index contributed by atoms with van der Waals surface area (Å²) >= 11 is 1.41. The van der Waals surface area contributed by atoms with Gasteiger partial charge in [0.2, 0.25) is 17.7 Å². The van der Waals surface area contributed by atoms with Gasteiger partial charge < -0.3 is 10.6 Å². The third-order valence-corrected chi connectivity index (χ3v) is 7.34. The van der Waals surface area contributed by atoms with E-state index in [0.29, 0.717) is 17.7 Å². The van der Waals surface area contributed by atoms with Crippen LogP contribution >= 0.6 is 11.3 Å². The maximum atomic E-state index is 12.7. The molecule has 3 fully saturated rings. The Hall–Kier alpha value is -1.96. The quantitative estimate of drug-likeness (QED) is 0.769. The first-order valence-corrected chi connectivity index (χ1v) is 11.8. The van der Waals surface area contributed by atoms with E-state index in [2.05, 4.69) is 15.6 Å². The van der Waals surface area contributed by atoms with E-state index in [-0.39, 0.29) is 42.0 Å². The van der Waals surface area contributed by atoms with Crippen molar-refractivity contribution in [1.82, 2.24) is 15.6 Å². The van der Waals surface area contributed by atoms with Crippen LogP contribution in [0.25, 0.3) is 0 Å². The summed E-state index contributed by atoms with van der Waals surface area (Å²) in [5, 5.41) is 8.85. The molecule has 1 aromatic heterocycles. The standard InChI is InChI=1S/C21H30N4O3S/c26-18-12-15(13-25(18)21-22-10-11-29-21)20(28)24-17-8-6-14(7-9-17)19(27)23-16-4-2-1-3-5-16/h10-11,14-17H,1-9,12-13H2,(H,23,27)(H,24,28). The van der Waals surface area contributed by atoms with Gasteiger partial charge in [0.25, 0.3) is 0 Å². The van der Waals surface area contributed by atoms with Crippen molar-refractivity contribution in [3.63, 3.8) is 0 Å². The van der Waals surface area contributed by atoms with Crippen LogP contribution < -0.4 is 15.5 Å². The Morgan fingerprint density at radius 1 is 0.931 bits per heavy atom. The SMILES string of the molecule is O=C(NC1CCCCC1)C1CCC(NC(=O)C2CC(=O)N(c3nccs3)C2)CC1. The largest absolute Gasteiger partial charge is 0.353 e. The fourth-order valence-corrected chi connectivity index (χ4v) is 5.47. The van der Waals surface area contributed by atoms with E-state index in [4.69, 9.17) is 0 Å². The van der Waals surface area contributed by atoms with Gasteiger partial charge >= 0.3 is 0 Å². The molecule has 3 amide bonds. The second kappa shape index (κ2) is 9.24. The molecule has 4 rings (SSSR count). The Morgan fingerprint density at radius 2 is 1.59 bits per heavy atom. The first-order valence-electron chi connectivity index (χ1n) is 10.9. The number of carbonyl (C=O) groups is 3. The summed E-state index contributed by atoms with van der Waals surface area (Å²) in [5.41, 5.74) is 0. The highest BCUT2D eigenvalue weighted by Crippen LogP contribution is 2.29. The molecule has 158 valence electrons. The van der Waals surface area contributed by atoms with Crippen LogP contribution in [0.2, 0.25) is 0 Å². The number of nitrogens with one attached hydrogen (secondary N) is 2. The summed E-state index contributed by atoms with van der Waals surface area (Å²) < 4.78 is 0. The second-order valence-corrected chi connectivity index (χ2v) is 9.49. The number of aromatic nitrogens is 1. The van der Waals surface area contributed by atoms with Crippen molar-refractivity contribution in [2.75, 3.05) is 11.4 Å². The van der Waals surface area contributed by atoms with Crippen molar-refractivity contribution < 1.29 is 14.4 Å². The monoisotopic (exact) mass is 418 g/mol. The number of thiazole rings is 1. The molecule has 2 saturated carbocycles. The Bertz CT molecular complexity index is 724. The maximum absolute atomic E-state index is 12.7. The number of rotatable bonds is 5. The van der Waals surface area contributed by atoms with Gasteiger partial charge in [-0.2, -0.15) is 0 Å². The predicted molar refractivity (Wildman–Crippen MR) is 111 cm³/mol. The van der Waals surface area contributed by atoms with Gasteiger partial charge in [0, 0.05) is 42.5 Å². The number of hydrogen-bond acceptors (Lipinski definition) is 5. The minimum Gasteiger partial charge on any atom is -0.353 e. The lowest BCUT2D eigenvalue weighted by Gasteiger charge is -2.31. The number of anilines is 1. The van der Waals surface area contributed by atoms with Crippen molar-refractivity contribution in [1.29, 1.82) is 0 Å². The van der Waals surface area contributed by atoms with Crippen molar-refractivity contribution in [3.05, 3.63) is 11.6 Å². The summed E-state index contributed by atoms with van der Waals surface area (Å²) in [5.74, 6) is -0.143. The van der Waals surface area contributed by atoms with Gasteiger partial charge in [-0.1, -0.05) is 19.3 Å². The molecule has 7 nitrogen and oxygen atoms in total. The van der Waals surface area contributed by atoms with Crippen molar-refractivity contribution in [2.24, 2.45) is 11.8 Å². The van der Waals surface area contributed by atoms with Crippen LogP contribution in [0, 0.1) is 11.8 Å². The summed E-state index contributed by atoms with van der Waals surface area (Å²) in [7, 11) is 0. The molecule has 1 saturated heterocycles. The third kappa shape index (κ3) is 4.97. The van der Waals surface area contributed by atoms with Crippen LogP contribution in [0.3, 0.4) is 0 Å². The molecule has 0 aromatic carbocycles. The van der Waals surface area contributed by atoms with Crippen molar-refractivity contribution in [3.8, 4) is 0 Å². The van der Waals surface area contributed by atoms with Crippen molar-refractivity contribution >= 4 is 34.2 Å². The van der Waals surface area contributed by atoms with Gasteiger partial charge in [0.05, 0.1) is 5.92 Å². The van der Waals surface area contributed by atoms with Crippen LogP contribution in [0.1, 0.15) is 64.2 Å². The Morgan fingerprint density at radius 3 is 2.24 bits per heavy atom. The smallest absolute Gasteiger partial charge is 0.229 e. The highest BCUT2D eigenvalue weighted by molar-refractivity contribution is 7.13. The predicted octanol–water partition coefficient (Wildman–Crippen LogP) is 2.62. The van der Waals surface area contributed by atoms with Crippen LogP contribution in [0.5, 0.6) is 0 Å². The lowest BCUT2D eigenvalue weighted by Crippen LogP contribution is -2.45. The van der Waals surface area contributed by atoms with E-state index < -0.39 is 0 Å². The molecule has 29 heavy (non-hydrogen) atoms. The first-order chi connectivity index (χ1) is 14.1. The molecule has 0 spiro atoms. The zero-order chi connectivity index (χ0) is 20.2. The summed E-state index contributed by atoms with van der Waals surface area (Å²) in [4.78, 5) is 43.2. The fourth-order valence-electron chi connectivity index (χ4n) is 4.80. The molecule has 1 atom stereocenters. The molecule has 0 radical (unpaired) electrons. The molecule has 2 heterocycles. The number of hydrogen-bond donors (Lipinski definition) is 2. The van der Waals surface area contributed by atoms with E-state index in [0.717, 1.165) is 38.5 Å². The van der Waals surface area contributed by atoms with Crippen LogP contribution in [0.15, 0.2) is 11.6 Å². The highest BCUT2D eigenvalue weighted by Gasteiger charge is 2.37. The van der Waals surface area contributed by atoms with Gasteiger partial charge in [-0.15, -0.1) is 11.3 Å². The van der Waals surface area contributed by atoms with Gasteiger partial charge in [-0.3, -0.25) is 19.3 Å². The Labute approximate surface area is 175 Å². The average molecular weight is 419 g/mol. The topological polar surface area (TPSA) is 91.4 Å². The number of amides is 3. The molecular formula is C21H30N4O3S. The first kappa shape index (κ1) is 20.3. The van der Waals surface area contributed by atoms with Crippen LogP contribution in [-0.4, -0.2) is 41.3 Å². The fraction of sp³-hybridized carbons (Fsp3) is 0.714. The molecule has 3 aliphatic rings. The van der Waals surface area contributed by atoms with Gasteiger partial charge in [-0.05, 0) is 38.5 Å². The van der Waals surface area contributed by atoms with Crippen LogP contribution in [0.4, 0.5) is 5.13 Å². The molecule has 0 bridgehead atoms. The summed E-state index contributed by atoms with van der Waals surface area (Å²) in [6.45, 7) is 0.400. The van der Waals surface area contributed by atoms with Gasteiger partial charge in [0.15, 0.2) is 5.13 Å². The molecular weight excluding hydrogens is 388 g/mol. The molecule has 2 N–H and O–H groups in total. The molecule has 1 aromatic rings. The van der Waals surface area contributed by atoms with Gasteiger partial charge in [0.1, 0.15) is 0 Å². The Kier molecular flexibility index (Phi) is 6.47. The minimum absolute atomic E-state index is 0.0387. The zero-order valence-corrected chi connectivity index (χ0v) is 17.6. The van der Waals surface area contributed by atoms with E-state index in [1.165, 1.54) is 30.6 Å². The lowest BCUT2D eigenvalue weighted by atomic mass is 9.84. The van der Waals surface area contributed by atoms with E-state index >= 15 is 0 Å². The Balaban J connectivity index is 1.21. The minimum atomic E-state index is -0.321. The third-order valence-electron chi connectivity index (χ3n) is 6.54. The summed E-state index contributed by atoms with van der Waals surface area (Å²) in [6, 6.07) is 0.458. The molecule has 1 aliphatic heterocycles. The van der Waals surface area contributed by atoms with Crippen molar-refractivity contribution in [2.45, 2.75) is 76.3 Å². The van der Waals surface area contributed by atoms with E-state index in [1.807, 2.05) is 5.38 Å². The normalized spacial score (nSPS) is 28.3.